The molecule has 1 unspecified atom stereocenters. The zero-order chi connectivity index (χ0) is 23.8. The lowest BCUT2D eigenvalue weighted by atomic mass is 9.80. The molecule has 0 aromatic carbocycles. The molecule has 1 atom stereocenters. The van der Waals surface area contributed by atoms with Crippen molar-refractivity contribution >= 4 is 17.7 Å². The van der Waals surface area contributed by atoms with Crippen LogP contribution in [-0.2, 0) is 15.1 Å². The summed E-state index contributed by atoms with van der Waals surface area (Å²) in [6.45, 7) is 15.5. The van der Waals surface area contributed by atoms with Gasteiger partial charge in [0.1, 0.15) is 17.3 Å². The molecule has 1 spiro atoms. The van der Waals surface area contributed by atoms with Crippen LogP contribution in [0.5, 0.6) is 0 Å². The minimum atomic E-state index is -0.864. The van der Waals surface area contributed by atoms with Crippen molar-refractivity contribution in [3.63, 3.8) is 0 Å². The van der Waals surface area contributed by atoms with Gasteiger partial charge in [0.05, 0.1) is 11.2 Å². The van der Waals surface area contributed by atoms with E-state index in [0.717, 1.165) is 12.1 Å². The molecule has 1 aromatic heterocycles. The summed E-state index contributed by atoms with van der Waals surface area (Å²) >= 11 is 0. The highest BCUT2D eigenvalue weighted by Gasteiger charge is 2.53. The molecule has 3 rings (SSSR count). The second kappa shape index (κ2) is 8.87. The second-order valence-corrected chi connectivity index (χ2v) is 10.7. The topological polar surface area (TPSA) is 87.5 Å². The number of aromatic nitrogens is 2. The quantitative estimate of drug-likeness (QED) is 0.755. The Morgan fingerprint density at radius 1 is 1.25 bits per heavy atom. The van der Waals surface area contributed by atoms with Crippen LogP contribution in [0.4, 0.5) is 0 Å². The first-order valence-corrected chi connectivity index (χ1v) is 11.9. The molecule has 8 heteroatoms. The Kier molecular flexibility index (Phi) is 6.72. The maximum Gasteiger partial charge on any atom is 0.272 e. The first-order valence-electron chi connectivity index (χ1n) is 11.9. The van der Waals surface area contributed by atoms with Crippen molar-refractivity contribution in [2.45, 2.75) is 91.3 Å². The Hall–Kier alpha value is -2.38. The van der Waals surface area contributed by atoms with Gasteiger partial charge in [0.25, 0.3) is 5.91 Å². The number of nitrogens with one attached hydrogen (secondary N) is 1. The molecule has 0 aliphatic carbocycles. The van der Waals surface area contributed by atoms with Crippen LogP contribution in [0.2, 0.25) is 0 Å². The van der Waals surface area contributed by atoms with Gasteiger partial charge in [-0.1, -0.05) is 20.8 Å². The summed E-state index contributed by atoms with van der Waals surface area (Å²) in [5.41, 5.74) is 0.198. The molecule has 0 bridgehead atoms. The number of carbonyl (C=O) groups excluding carboxylic acids is 3. The summed E-state index contributed by atoms with van der Waals surface area (Å²) in [6, 6.07) is 1.37. The van der Waals surface area contributed by atoms with Crippen LogP contribution >= 0.6 is 0 Å². The van der Waals surface area contributed by atoms with Crippen molar-refractivity contribution in [2.24, 2.45) is 5.92 Å². The number of carbonyl (C=O) groups is 3. The van der Waals surface area contributed by atoms with E-state index in [-0.39, 0.29) is 23.3 Å². The summed E-state index contributed by atoms with van der Waals surface area (Å²) in [5, 5.41) is 7.53. The second-order valence-electron chi connectivity index (χ2n) is 10.7. The highest BCUT2D eigenvalue weighted by molar-refractivity contribution is 6.00. The zero-order valence-electron chi connectivity index (χ0n) is 20.7. The third-order valence-electron chi connectivity index (χ3n) is 6.53. The fourth-order valence-electron chi connectivity index (χ4n) is 4.96. The van der Waals surface area contributed by atoms with Crippen molar-refractivity contribution in [2.75, 3.05) is 19.6 Å². The van der Waals surface area contributed by atoms with Gasteiger partial charge in [-0.2, -0.15) is 5.10 Å². The van der Waals surface area contributed by atoms with Crippen molar-refractivity contribution in [1.29, 1.82) is 0 Å². The summed E-state index contributed by atoms with van der Waals surface area (Å²) < 4.78 is 1.78. The monoisotopic (exact) mass is 445 g/mol. The first-order chi connectivity index (χ1) is 14.9. The smallest absolute Gasteiger partial charge is 0.272 e. The fraction of sp³-hybridized carbons (Fsp3) is 0.750. The van der Waals surface area contributed by atoms with Crippen molar-refractivity contribution in [3.05, 3.63) is 17.5 Å². The Morgan fingerprint density at radius 3 is 2.41 bits per heavy atom. The summed E-state index contributed by atoms with van der Waals surface area (Å²) in [4.78, 5) is 43.6. The van der Waals surface area contributed by atoms with Gasteiger partial charge in [-0.3, -0.25) is 19.1 Å². The number of nitrogens with zero attached hydrogens (tertiary/aromatic N) is 4. The van der Waals surface area contributed by atoms with Crippen LogP contribution < -0.4 is 5.32 Å². The zero-order valence-corrected chi connectivity index (χ0v) is 20.7. The lowest BCUT2D eigenvalue weighted by Crippen LogP contribution is -2.73. The van der Waals surface area contributed by atoms with E-state index >= 15 is 0 Å². The molecule has 2 saturated heterocycles. The number of piperidine rings is 1. The number of piperazine rings is 1. The van der Waals surface area contributed by atoms with Crippen molar-refractivity contribution in [1.82, 2.24) is 24.9 Å². The molecule has 32 heavy (non-hydrogen) atoms. The third kappa shape index (κ3) is 4.41. The van der Waals surface area contributed by atoms with Gasteiger partial charge >= 0.3 is 0 Å². The molecule has 178 valence electrons. The number of rotatable bonds is 5. The molecular formula is C24H39N5O3. The first kappa shape index (κ1) is 24.3. The van der Waals surface area contributed by atoms with Crippen LogP contribution in [0, 0.1) is 12.8 Å². The molecule has 3 amide bonds. The van der Waals surface area contributed by atoms with Gasteiger partial charge in [-0.25, -0.2) is 0 Å². The van der Waals surface area contributed by atoms with Gasteiger partial charge in [0, 0.05) is 19.6 Å². The average Bonchev–Trinajstić information content (AvgIpc) is 3.11. The largest absolute Gasteiger partial charge is 0.342 e. The standard InChI is InChI=1S/C24H39N5O3/c1-8-11-28-20(30)18(14-16(2)3)25-22(32)24(28)9-12-27(13-10-24)21(31)19-15-17(4)26-29(19)23(5,6)7/h15-16,18H,8-14H2,1-7H3,(H,25,32). The molecule has 2 aliphatic rings. The predicted octanol–water partition coefficient (Wildman–Crippen LogP) is 2.70. The van der Waals surface area contributed by atoms with Crippen molar-refractivity contribution < 1.29 is 14.4 Å². The van der Waals surface area contributed by atoms with E-state index in [1.165, 1.54) is 0 Å². The molecule has 2 aliphatic heterocycles. The average molecular weight is 446 g/mol. The predicted molar refractivity (Wildman–Crippen MR) is 123 cm³/mol. The Bertz CT molecular complexity index is 875. The molecule has 1 N–H and O–H groups in total. The number of amides is 3. The van der Waals surface area contributed by atoms with Gasteiger partial charge in [0.2, 0.25) is 11.8 Å². The third-order valence-corrected chi connectivity index (χ3v) is 6.53. The Morgan fingerprint density at radius 2 is 1.88 bits per heavy atom. The molecule has 0 saturated carbocycles. The van der Waals surface area contributed by atoms with Crippen LogP contribution in [-0.4, -0.2) is 68.5 Å². The van der Waals surface area contributed by atoms with E-state index in [1.807, 2.05) is 45.6 Å². The molecule has 8 nitrogen and oxygen atoms in total. The summed E-state index contributed by atoms with van der Waals surface area (Å²) in [7, 11) is 0. The van der Waals surface area contributed by atoms with Crippen LogP contribution in [0.25, 0.3) is 0 Å². The number of hydrogen-bond acceptors (Lipinski definition) is 4. The van der Waals surface area contributed by atoms with E-state index in [4.69, 9.17) is 0 Å². The fourth-order valence-corrected chi connectivity index (χ4v) is 4.96. The van der Waals surface area contributed by atoms with E-state index < -0.39 is 11.6 Å². The van der Waals surface area contributed by atoms with E-state index in [1.54, 1.807) is 9.58 Å². The number of hydrogen-bond donors (Lipinski definition) is 1. The van der Waals surface area contributed by atoms with E-state index in [9.17, 15) is 14.4 Å². The Labute approximate surface area is 191 Å². The SMILES string of the molecule is CCCN1C(=O)C(CC(C)C)NC(=O)C12CCN(C(=O)c1cc(C)nn1C(C)(C)C)CC2. The highest BCUT2D eigenvalue weighted by Crippen LogP contribution is 2.34. The number of likely N-dealkylation sites (tertiary alicyclic amines) is 1. The normalized spacial score (nSPS) is 21.4. The molecule has 3 heterocycles. The lowest BCUT2D eigenvalue weighted by molar-refractivity contribution is -0.161. The van der Waals surface area contributed by atoms with Crippen LogP contribution in [0.1, 0.15) is 83.4 Å². The van der Waals surface area contributed by atoms with Crippen LogP contribution in [0.3, 0.4) is 0 Å². The van der Waals surface area contributed by atoms with Crippen LogP contribution in [0.15, 0.2) is 6.07 Å². The van der Waals surface area contributed by atoms with Gasteiger partial charge < -0.3 is 15.1 Å². The van der Waals surface area contributed by atoms with Gasteiger partial charge in [-0.05, 0) is 65.4 Å². The maximum atomic E-state index is 13.4. The minimum Gasteiger partial charge on any atom is -0.342 e. The summed E-state index contributed by atoms with van der Waals surface area (Å²) in [6.07, 6.45) is 2.34. The van der Waals surface area contributed by atoms with Gasteiger partial charge in [-0.15, -0.1) is 0 Å². The van der Waals surface area contributed by atoms with E-state index in [2.05, 4.69) is 24.3 Å². The molecule has 0 radical (unpaired) electrons. The van der Waals surface area contributed by atoms with Gasteiger partial charge in [0.15, 0.2) is 0 Å². The van der Waals surface area contributed by atoms with Crippen molar-refractivity contribution in [3.8, 4) is 0 Å². The van der Waals surface area contributed by atoms with E-state index in [0.29, 0.717) is 50.5 Å². The minimum absolute atomic E-state index is 0.0151. The molecule has 2 fully saturated rings. The molecule has 1 aromatic rings. The highest BCUT2D eigenvalue weighted by atomic mass is 16.2. The lowest BCUT2D eigenvalue weighted by Gasteiger charge is -2.51. The molecular weight excluding hydrogens is 406 g/mol. The maximum absolute atomic E-state index is 13.4. The Balaban J connectivity index is 1.81. The number of aryl methyl sites for hydroxylation is 1. The summed E-state index contributed by atoms with van der Waals surface area (Å²) in [5.74, 6) is 0.190.